The second-order valence-electron chi connectivity index (χ2n) is 7.19. The quantitative estimate of drug-likeness (QED) is 0.884. The molecule has 2 heteroatoms. The summed E-state index contributed by atoms with van der Waals surface area (Å²) in [6, 6.07) is 8.92. The van der Waals surface area contributed by atoms with Crippen molar-refractivity contribution in [1.82, 2.24) is 10.2 Å². The molecule has 1 aromatic carbocycles. The standard InChI is InChI=1S/C18H30N2/c1-15-7-9-16(10-8-15)13-20(4)14-18(2,3)17-6-5-11-19-12-17/h7-10,17,19H,5-6,11-14H2,1-4H3. The van der Waals surface area contributed by atoms with Crippen molar-refractivity contribution in [2.24, 2.45) is 11.3 Å². The molecule has 0 aliphatic carbocycles. The lowest BCUT2D eigenvalue weighted by atomic mass is 9.74. The molecule has 1 heterocycles. The molecular weight excluding hydrogens is 244 g/mol. The molecule has 1 aliphatic rings. The Morgan fingerprint density at radius 1 is 1.25 bits per heavy atom. The summed E-state index contributed by atoms with van der Waals surface area (Å²) in [7, 11) is 2.25. The molecule has 1 atom stereocenters. The molecule has 1 fully saturated rings. The van der Waals surface area contributed by atoms with Gasteiger partial charge in [-0.05, 0) is 56.8 Å². The number of hydrogen-bond acceptors (Lipinski definition) is 2. The highest BCUT2D eigenvalue weighted by Gasteiger charge is 2.31. The molecule has 0 radical (unpaired) electrons. The average Bonchev–Trinajstić information content (AvgIpc) is 2.42. The van der Waals surface area contributed by atoms with Gasteiger partial charge in [0.05, 0.1) is 0 Å². The minimum atomic E-state index is 0.382. The zero-order chi connectivity index (χ0) is 14.6. The van der Waals surface area contributed by atoms with Gasteiger partial charge >= 0.3 is 0 Å². The highest BCUT2D eigenvalue weighted by Crippen LogP contribution is 2.32. The number of benzene rings is 1. The van der Waals surface area contributed by atoms with E-state index in [1.807, 2.05) is 0 Å². The molecule has 0 aromatic heterocycles. The molecule has 0 bridgehead atoms. The fraction of sp³-hybridized carbons (Fsp3) is 0.667. The number of hydrogen-bond donors (Lipinski definition) is 1. The van der Waals surface area contributed by atoms with Gasteiger partial charge < -0.3 is 10.2 Å². The van der Waals surface area contributed by atoms with Gasteiger partial charge in [-0.2, -0.15) is 0 Å². The van der Waals surface area contributed by atoms with Gasteiger partial charge in [0, 0.05) is 13.1 Å². The molecule has 1 saturated heterocycles. The van der Waals surface area contributed by atoms with E-state index in [9.17, 15) is 0 Å². The monoisotopic (exact) mass is 274 g/mol. The van der Waals surface area contributed by atoms with Crippen LogP contribution in [0.2, 0.25) is 0 Å². The van der Waals surface area contributed by atoms with Crippen LogP contribution in [-0.4, -0.2) is 31.6 Å². The number of nitrogens with zero attached hydrogens (tertiary/aromatic N) is 1. The van der Waals surface area contributed by atoms with E-state index in [0.29, 0.717) is 5.41 Å². The molecule has 1 N–H and O–H groups in total. The van der Waals surface area contributed by atoms with Crippen molar-refractivity contribution >= 4 is 0 Å². The summed E-state index contributed by atoms with van der Waals surface area (Å²) in [5.41, 5.74) is 3.13. The third-order valence-corrected chi connectivity index (χ3v) is 4.65. The van der Waals surface area contributed by atoms with Crippen molar-refractivity contribution in [3.05, 3.63) is 35.4 Å². The Labute approximate surface area is 124 Å². The Balaban J connectivity index is 1.89. The van der Waals surface area contributed by atoms with Gasteiger partial charge in [0.1, 0.15) is 0 Å². The highest BCUT2D eigenvalue weighted by atomic mass is 15.1. The van der Waals surface area contributed by atoms with Crippen LogP contribution in [-0.2, 0) is 6.54 Å². The van der Waals surface area contributed by atoms with E-state index in [2.05, 4.69) is 62.3 Å². The van der Waals surface area contributed by atoms with E-state index < -0.39 is 0 Å². The van der Waals surface area contributed by atoms with E-state index in [1.54, 1.807) is 0 Å². The molecular formula is C18H30N2. The zero-order valence-corrected chi connectivity index (χ0v) is 13.6. The highest BCUT2D eigenvalue weighted by molar-refractivity contribution is 5.21. The van der Waals surface area contributed by atoms with Crippen molar-refractivity contribution in [2.45, 2.75) is 40.2 Å². The van der Waals surface area contributed by atoms with Crippen molar-refractivity contribution in [3.8, 4) is 0 Å². The minimum Gasteiger partial charge on any atom is -0.316 e. The van der Waals surface area contributed by atoms with Crippen LogP contribution in [0, 0.1) is 18.3 Å². The van der Waals surface area contributed by atoms with Crippen LogP contribution in [0.15, 0.2) is 24.3 Å². The summed E-state index contributed by atoms with van der Waals surface area (Å²) < 4.78 is 0. The third kappa shape index (κ3) is 4.32. The van der Waals surface area contributed by atoms with Crippen molar-refractivity contribution in [1.29, 1.82) is 0 Å². The molecule has 2 rings (SSSR count). The Morgan fingerprint density at radius 2 is 1.95 bits per heavy atom. The summed E-state index contributed by atoms with van der Waals surface area (Å²) in [4.78, 5) is 2.47. The molecule has 112 valence electrons. The summed E-state index contributed by atoms with van der Waals surface area (Å²) in [6.07, 6.45) is 2.70. The normalized spacial score (nSPS) is 20.4. The molecule has 1 unspecified atom stereocenters. The maximum atomic E-state index is 3.55. The lowest BCUT2D eigenvalue weighted by Gasteiger charge is -2.40. The van der Waals surface area contributed by atoms with Crippen LogP contribution in [0.1, 0.15) is 37.8 Å². The van der Waals surface area contributed by atoms with Crippen molar-refractivity contribution in [2.75, 3.05) is 26.7 Å². The molecule has 0 spiro atoms. The summed E-state index contributed by atoms with van der Waals surface area (Å²) >= 11 is 0. The summed E-state index contributed by atoms with van der Waals surface area (Å²) in [6.45, 7) is 11.6. The molecule has 2 nitrogen and oxygen atoms in total. The van der Waals surface area contributed by atoms with Gasteiger partial charge in [-0.15, -0.1) is 0 Å². The molecule has 20 heavy (non-hydrogen) atoms. The van der Waals surface area contributed by atoms with Crippen molar-refractivity contribution in [3.63, 3.8) is 0 Å². The maximum absolute atomic E-state index is 3.55. The van der Waals surface area contributed by atoms with Crippen LogP contribution < -0.4 is 5.32 Å². The smallest absolute Gasteiger partial charge is 0.0230 e. The summed E-state index contributed by atoms with van der Waals surface area (Å²) in [5.74, 6) is 0.803. The summed E-state index contributed by atoms with van der Waals surface area (Å²) in [5, 5.41) is 3.55. The largest absolute Gasteiger partial charge is 0.316 e. The SMILES string of the molecule is Cc1ccc(CN(C)CC(C)(C)C2CCCNC2)cc1. The van der Waals surface area contributed by atoms with Gasteiger partial charge in [-0.25, -0.2) is 0 Å². The lowest BCUT2D eigenvalue weighted by Crippen LogP contribution is -2.43. The number of rotatable bonds is 5. The average molecular weight is 274 g/mol. The van der Waals surface area contributed by atoms with Gasteiger partial charge in [-0.3, -0.25) is 0 Å². The number of piperidine rings is 1. The van der Waals surface area contributed by atoms with Crippen molar-refractivity contribution < 1.29 is 0 Å². The number of nitrogens with one attached hydrogen (secondary N) is 1. The van der Waals surface area contributed by atoms with Gasteiger partial charge in [0.15, 0.2) is 0 Å². The zero-order valence-electron chi connectivity index (χ0n) is 13.6. The first-order valence-corrected chi connectivity index (χ1v) is 7.92. The Morgan fingerprint density at radius 3 is 2.55 bits per heavy atom. The maximum Gasteiger partial charge on any atom is 0.0230 e. The fourth-order valence-corrected chi connectivity index (χ4v) is 3.40. The second kappa shape index (κ2) is 6.73. The Bertz CT molecular complexity index is 402. The topological polar surface area (TPSA) is 15.3 Å². The van der Waals surface area contributed by atoms with Crippen LogP contribution in [0.5, 0.6) is 0 Å². The van der Waals surface area contributed by atoms with Crippen LogP contribution in [0.4, 0.5) is 0 Å². The van der Waals surface area contributed by atoms with Crippen LogP contribution in [0.3, 0.4) is 0 Å². The third-order valence-electron chi connectivity index (χ3n) is 4.65. The molecule has 1 aromatic rings. The Kier molecular flexibility index (Phi) is 5.22. The van der Waals surface area contributed by atoms with Gasteiger partial charge in [0.25, 0.3) is 0 Å². The predicted molar refractivity (Wildman–Crippen MR) is 86.9 cm³/mol. The second-order valence-corrected chi connectivity index (χ2v) is 7.19. The van der Waals surface area contributed by atoms with Crippen LogP contribution >= 0.6 is 0 Å². The molecule has 0 amide bonds. The first-order chi connectivity index (χ1) is 9.47. The number of aryl methyl sites for hydroxylation is 1. The fourth-order valence-electron chi connectivity index (χ4n) is 3.40. The Hall–Kier alpha value is -0.860. The molecule has 1 aliphatic heterocycles. The van der Waals surface area contributed by atoms with E-state index in [0.717, 1.165) is 19.0 Å². The first-order valence-electron chi connectivity index (χ1n) is 7.92. The van der Waals surface area contributed by atoms with E-state index in [-0.39, 0.29) is 0 Å². The van der Waals surface area contributed by atoms with E-state index in [1.165, 1.54) is 37.1 Å². The lowest BCUT2D eigenvalue weighted by molar-refractivity contribution is 0.111. The minimum absolute atomic E-state index is 0.382. The van der Waals surface area contributed by atoms with E-state index >= 15 is 0 Å². The first kappa shape index (κ1) is 15.5. The van der Waals surface area contributed by atoms with Gasteiger partial charge in [-0.1, -0.05) is 43.7 Å². The predicted octanol–water partition coefficient (Wildman–Crippen LogP) is 3.45. The van der Waals surface area contributed by atoms with Crippen LogP contribution in [0.25, 0.3) is 0 Å². The van der Waals surface area contributed by atoms with E-state index in [4.69, 9.17) is 0 Å². The van der Waals surface area contributed by atoms with Gasteiger partial charge in [0.2, 0.25) is 0 Å². The molecule has 0 saturated carbocycles.